The molecule has 25 heavy (non-hydrogen) atoms. The number of aryl methyl sites for hydroxylation is 2. The summed E-state index contributed by atoms with van der Waals surface area (Å²) in [5.41, 5.74) is 8.55. The van der Waals surface area contributed by atoms with Crippen molar-refractivity contribution in [3.05, 3.63) is 111 Å². The molecule has 3 aromatic carbocycles. The van der Waals surface area contributed by atoms with Crippen LogP contribution in [-0.2, 0) is 19.4 Å². The Kier molecular flexibility index (Phi) is 4.26. The zero-order valence-corrected chi connectivity index (χ0v) is 14.0. The van der Waals surface area contributed by atoms with Crippen LogP contribution in [-0.4, -0.2) is 0 Å². The van der Waals surface area contributed by atoms with Gasteiger partial charge >= 0.3 is 0 Å². The first kappa shape index (κ1) is 15.5. The minimum absolute atomic E-state index is 0.198. The van der Waals surface area contributed by atoms with Crippen LogP contribution in [0.1, 0.15) is 33.4 Å². The summed E-state index contributed by atoms with van der Waals surface area (Å²) in [5.74, 6) is 0. The quantitative estimate of drug-likeness (QED) is 0.573. The van der Waals surface area contributed by atoms with Gasteiger partial charge in [-0.2, -0.15) is 4.91 Å². The lowest BCUT2D eigenvalue weighted by Crippen LogP contribution is -1.94. The minimum Gasteiger partial charge on any atom is -0.150 e. The van der Waals surface area contributed by atoms with E-state index in [1.807, 2.05) is 18.2 Å². The van der Waals surface area contributed by atoms with E-state index in [9.17, 15) is 4.91 Å². The van der Waals surface area contributed by atoms with Gasteiger partial charge in [-0.3, -0.25) is 0 Å². The lowest BCUT2D eigenvalue weighted by atomic mass is 9.91. The number of fused-ring (bicyclic) bond motifs is 2. The molecule has 122 valence electrons. The number of rotatable bonds is 3. The van der Waals surface area contributed by atoms with Crippen LogP contribution < -0.4 is 0 Å². The molecule has 0 spiro atoms. The topological polar surface area (TPSA) is 29.4 Å². The second-order valence-corrected chi connectivity index (χ2v) is 6.36. The van der Waals surface area contributed by atoms with Crippen LogP contribution in [0.4, 0.5) is 0 Å². The van der Waals surface area contributed by atoms with Crippen molar-refractivity contribution in [1.82, 2.24) is 0 Å². The lowest BCUT2D eigenvalue weighted by Gasteiger charge is -2.13. The molecule has 0 atom stereocenters. The van der Waals surface area contributed by atoms with E-state index in [0.29, 0.717) is 0 Å². The summed E-state index contributed by atoms with van der Waals surface area (Å²) in [4.78, 5) is 10.8. The predicted octanol–water partition coefficient (Wildman–Crippen LogP) is 5.64. The molecule has 0 radical (unpaired) electrons. The largest absolute Gasteiger partial charge is 0.150 e. The van der Waals surface area contributed by atoms with Gasteiger partial charge in [0.1, 0.15) is 6.54 Å². The van der Waals surface area contributed by atoms with Crippen LogP contribution in [0.25, 0.3) is 11.6 Å². The third-order valence-corrected chi connectivity index (χ3v) is 4.87. The number of hydrogen-bond acceptors (Lipinski definition) is 2. The van der Waals surface area contributed by atoms with Crippen LogP contribution in [0.2, 0.25) is 0 Å². The molecule has 0 saturated carbocycles. The molecule has 4 rings (SSSR count). The van der Waals surface area contributed by atoms with Gasteiger partial charge in [-0.15, -0.1) is 0 Å². The molecule has 0 fully saturated rings. The van der Waals surface area contributed by atoms with Crippen molar-refractivity contribution in [1.29, 1.82) is 0 Å². The Balaban J connectivity index is 1.96. The summed E-state index contributed by atoms with van der Waals surface area (Å²) in [7, 11) is 0. The summed E-state index contributed by atoms with van der Waals surface area (Å²) >= 11 is 0. The second kappa shape index (κ2) is 6.86. The Morgan fingerprint density at radius 2 is 1.32 bits per heavy atom. The summed E-state index contributed by atoms with van der Waals surface area (Å²) < 4.78 is 0. The Labute approximate surface area is 147 Å². The zero-order valence-electron chi connectivity index (χ0n) is 14.0. The molecule has 0 heterocycles. The highest BCUT2D eigenvalue weighted by Gasteiger charge is 2.17. The van der Waals surface area contributed by atoms with Crippen molar-refractivity contribution in [2.24, 2.45) is 5.18 Å². The maximum Gasteiger partial charge on any atom is 0.107 e. The fraction of sp³-hybridized carbons (Fsp3) is 0.130. The summed E-state index contributed by atoms with van der Waals surface area (Å²) in [5, 5.41) is 3.09. The molecule has 0 bridgehead atoms. The summed E-state index contributed by atoms with van der Waals surface area (Å²) in [6.07, 6.45) is 4.30. The minimum atomic E-state index is 0.198. The van der Waals surface area contributed by atoms with E-state index < -0.39 is 0 Å². The van der Waals surface area contributed by atoms with Gasteiger partial charge in [0, 0.05) is 0 Å². The maximum atomic E-state index is 10.8. The Hall–Kier alpha value is -3.00. The van der Waals surface area contributed by atoms with Gasteiger partial charge < -0.3 is 0 Å². The molecule has 0 unspecified atom stereocenters. The van der Waals surface area contributed by atoms with Gasteiger partial charge in [0.25, 0.3) is 0 Å². The molecular formula is C23H19NO. The van der Waals surface area contributed by atoms with Crippen molar-refractivity contribution in [2.45, 2.75) is 19.4 Å². The van der Waals surface area contributed by atoms with Gasteiger partial charge in [-0.25, -0.2) is 0 Å². The third-order valence-electron chi connectivity index (χ3n) is 4.87. The maximum absolute atomic E-state index is 10.8. The molecule has 3 aromatic rings. The third kappa shape index (κ3) is 3.03. The van der Waals surface area contributed by atoms with E-state index >= 15 is 0 Å². The second-order valence-electron chi connectivity index (χ2n) is 6.36. The fourth-order valence-electron chi connectivity index (χ4n) is 3.62. The normalized spacial score (nSPS) is 12.7. The van der Waals surface area contributed by atoms with Gasteiger partial charge in [-0.05, 0) is 57.9 Å². The molecule has 1 aliphatic carbocycles. The van der Waals surface area contributed by atoms with Crippen LogP contribution in [0.3, 0.4) is 0 Å². The van der Waals surface area contributed by atoms with Crippen molar-refractivity contribution >= 4 is 11.6 Å². The number of hydrogen-bond donors (Lipinski definition) is 0. The smallest absolute Gasteiger partial charge is 0.107 e. The zero-order chi connectivity index (χ0) is 17.1. The van der Waals surface area contributed by atoms with Crippen LogP contribution in [0.15, 0.2) is 78.0 Å². The van der Waals surface area contributed by atoms with Gasteiger partial charge in [0.15, 0.2) is 0 Å². The molecular weight excluding hydrogens is 306 g/mol. The van der Waals surface area contributed by atoms with Crippen molar-refractivity contribution in [3.8, 4) is 0 Å². The standard InChI is InChI=1S/C23H19NO/c25-24-16-20-10-2-1-9-19(20)15-23-21-11-5-3-7-17(21)13-14-18-8-4-6-12-22(18)23/h1-12,15H,13-14,16H2. The highest BCUT2D eigenvalue weighted by atomic mass is 16.3. The predicted molar refractivity (Wildman–Crippen MR) is 103 cm³/mol. The molecule has 0 N–H and O–H groups in total. The van der Waals surface area contributed by atoms with Crippen LogP contribution in [0.5, 0.6) is 0 Å². The van der Waals surface area contributed by atoms with Gasteiger partial charge in [0.2, 0.25) is 0 Å². The SMILES string of the molecule is O=NCc1ccccc1C=C1c2ccccc2CCc2ccccc21. The molecule has 0 saturated heterocycles. The molecule has 2 nitrogen and oxygen atoms in total. The fourth-order valence-corrected chi connectivity index (χ4v) is 3.62. The van der Waals surface area contributed by atoms with Crippen molar-refractivity contribution < 1.29 is 0 Å². The number of benzene rings is 3. The van der Waals surface area contributed by atoms with Crippen LogP contribution >= 0.6 is 0 Å². The highest BCUT2D eigenvalue weighted by molar-refractivity contribution is 5.94. The first-order chi connectivity index (χ1) is 12.4. The van der Waals surface area contributed by atoms with Crippen molar-refractivity contribution in [3.63, 3.8) is 0 Å². The van der Waals surface area contributed by atoms with E-state index in [1.165, 1.54) is 27.8 Å². The summed E-state index contributed by atoms with van der Waals surface area (Å²) in [6.45, 7) is 0.198. The Morgan fingerprint density at radius 1 is 0.760 bits per heavy atom. The Bertz CT molecular complexity index is 906. The number of nitrogens with zero attached hydrogens (tertiary/aromatic N) is 1. The van der Waals surface area contributed by atoms with Crippen LogP contribution in [0, 0.1) is 4.91 Å². The van der Waals surface area contributed by atoms with E-state index in [2.05, 4.69) is 65.9 Å². The lowest BCUT2D eigenvalue weighted by molar-refractivity contribution is 0.965. The van der Waals surface area contributed by atoms with Gasteiger partial charge in [-0.1, -0.05) is 78.0 Å². The van der Waals surface area contributed by atoms with E-state index in [-0.39, 0.29) is 6.54 Å². The van der Waals surface area contributed by atoms with E-state index in [1.54, 1.807) is 0 Å². The first-order valence-electron chi connectivity index (χ1n) is 8.62. The van der Waals surface area contributed by atoms with Crippen molar-refractivity contribution in [2.75, 3.05) is 0 Å². The molecule has 0 aromatic heterocycles. The molecule has 0 aliphatic heterocycles. The Morgan fingerprint density at radius 3 is 1.96 bits per heavy atom. The number of nitroso groups, excluding NO2 is 1. The molecule has 0 amide bonds. The average Bonchev–Trinajstić information content (AvgIpc) is 2.81. The first-order valence-corrected chi connectivity index (χ1v) is 8.62. The highest BCUT2D eigenvalue weighted by Crippen LogP contribution is 2.35. The molecule has 1 aliphatic rings. The van der Waals surface area contributed by atoms with E-state index in [4.69, 9.17) is 0 Å². The molecule has 2 heteroatoms. The average molecular weight is 325 g/mol. The monoisotopic (exact) mass is 325 g/mol. The summed E-state index contributed by atoms with van der Waals surface area (Å²) in [6, 6.07) is 25.2. The van der Waals surface area contributed by atoms with E-state index in [0.717, 1.165) is 24.0 Å². The van der Waals surface area contributed by atoms with Gasteiger partial charge in [0.05, 0.1) is 0 Å².